The number of nitrogens with two attached hydrogens (primary N) is 1. The molecular weight excluding hydrogens is 248 g/mol. The standard InChI is InChI=1S/C14H13ClN2O/c15-12-8-6-10(7-9-12)13(17-16)14(18)11-4-2-1-3-5-11/h1-9,14,18H,16H2. The minimum absolute atomic E-state index is 0.415. The minimum atomic E-state index is -0.850. The summed E-state index contributed by atoms with van der Waals surface area (Å²) < 4.78 is 0. The highest BCUT2D eigenvalue weighted by Gasteiger charge is 2.16. The fourth-order valence-electron chi connectivity index (χ4n) is 1.72. The minimum Gasteiger partial charge on any atom is -0.382 e. The van der Waals surface area contributed by atoms with E-state index < -0.39 is 6.10 Å². The maximum atomic E-state index is 10.3. The first-order valence-electron chi connectivity index (χ1n) is 5.49. The molecular formula is C14H13ClN2O. The van der Waals surface area contributed by atoms with Gasteiger partial charge in [0.2, 0.25) is 0 Å². The zero-order valence-corrected chi connectivity index (χ0v) is 10.4. The lowest BCUT2D eigenvalue weighted by molar-refractivity contribution is 0.247. The molecule has 92 valence electrons. The van der Waals surface area contributed by atoms with Crippen LogP contribution in [0, 0.1) is 0 Å². The number of nitrogens with zero attached hydrogens (tertiary/aromatic N) is 1. The molecule has 0 fully saturated rings. The van der Waals surface area contributed by atoms with Gasteiger partial charge in [0.15, 0.2) is 0 Å². The molecule has 4 heteroatoms. The van der Waals surface area contributed by atoms with E-state index in [0.717, 1.165) is 11.1 Å². The molecule has 3 N–H and O–H groups in total. The van der Waals surface area contributed by atoms with Crippen molar-refractivity contribution in [3.8, 4) is 0 Å². The van der Waals surface area contributed by atoms with Gasteiger partial charge in [-0.15, -0.1) is 0 Å². The van der Waals surface area contributed by atoms with Gasteiger partial charge in [-0.3, -0.25) is 0 Å². The highest BCUT2D eigenvalue weighted by Crippen LogP contribution is 2.20. The van der Waals surface area contributed by atoms with Crippen LogP contribution in [0.2, 0.25) is 5.02 Å². The molecule has 0 saturated heterocycles. The molecule has 0 radical (unpaired) electrons. The molecule has 0 bridgehead atoms. The maximum absolute atomic E-state index is 10.3. The molecule has 18 heavy (non-hydrogen) atoms. The van der Waals surface area contributed by atoms with E-state index in [9.17, 15) is 5.11 Å². The topological polar surface area (TPSA) is 58.6 Å². The van der Waals surface area contributed by atoms with Gasteiger partial charge in [-0.25, -0.2) is 0 Å². The van der Waals surface area contributed by atoms with Crippen LogP contribution >= 0.6 is 11.6 Å². The van der Waals surface area contributed by atoms with Crippen molar-refractivity contribution in [2.24, 2.45) is 10.9 Å². The molecule has 0 heterocycles. The summed E-state index contributed by atoms with van der Waals surface area (Å²) in [6.07, 6.45) is -0.850. The second-order valence-electron chi connectivity index (χ2n) is 3.83. The lowest BCUT2D eigenvalue weighted by atomic mass is 9.99. The van der Waals surface area contributed by atoms with E-state index in [1.165, 1.54) is 0 Å². The van der Waals surface area contributed by atoms with Crippen molar-refractivity contribution in [3.05, 3.63) is 70.7 Å². The number of hydrogen-bond donors (Lipinski definition) is 2. The Bertz CT molecular complexity index is 537. The number of rotatable bonds is 3. The predicted molar refractivity (Wildman–Crippen MR) is 73.6 cm³/mol. The Balaban J connectivity index is 2.33. The summed E-state index contributed by atoms with van der Waals surface area (Å²) in [5.41, 5.74) is 1.91. The molecule has 1 atom stereocenters. The number of hydrogen-bond acceptors (Lipinski definition) is 3. The normalized spacial score (nSPS) is 13.3. The fourth-order valence-corrected chi connectivity index (χ4v) is 1.84. The molecule has 0 saturated carbocycles. The van der Waals surface area contributed by atoms with Crippen molar-refractivity contribution < 1.29 is 5.11 Å². The van der Waals surface area contributed by atoms with Gasteiger partial charge in [0.25, 0.3) is 0 Å². The Morgan fingerprint density at radius 3 is 2.22 bits per heavy atom. The molecule has 0 spiro atoms. The van der Waals surface area contributed by atoms with Gasteiger partial charge in [0.1, 0.15) is 11.8 Å². The Kier molecular flexibility index (Phi) is 3.97. The van der Waals surface area contributed by atoms with Crippen molar-refractivity contribution >= 4 is 17.3 Å². The first-order valence-corrected chi connectivity index (χ1v) is 5.87. The smallest absolute Gasteiger partial charge is 0.123 e. The lowest BCUT2D eigenvalue weighted by Gasteiger charge is -2.13. The Morgan fingerprint density at radius 1 is 1.06 bits per heavy atom. The number of hydrazone groups is 1. The van der Waals surface area contributed by atoms with Gasteiger partial charge in [-0.1, -0.05) is 54.1 Å². The van der Waals surface area contributed by atoms with Crippen molar-refractivity contribution in [1.29, 1.82) is 0 Å². The largest absolute Gasteiger partial charge is 0.382 e. The van der Waals surface area contributed by atoms with E-state index in [1.807, 2.05) is 30.3 Å². The van der Waals surface area contributed by atoms with E-state index >= 15 is 0 Å². The third-order valence-electron chi connectivity index (χ3n) is 2.65. The molecule has 0 amide bonds. The quantitative estimate of drug-likeness (QED) is 0.506. The van der Waals surface area contributed by atoms with E-state index in [4.69, 9.17) is 17.4 Å². The monoisotopic (exact) mass is 260 g/mol. The molecule has 0 aliphatic rings. The summed E-state index contributed by atoms with van der Waals surface area (Å²) in [4.78, 5) is 0. The zero-order chi connectivity index (χ0) is 13.0. The van der Waals surface area contributed by atoms with Gasteiger partial charge in [0.05, 0.1) is 0 Å². The van der Waals surface area contributed by atoms with Crippen LogP contribution in [-0.4, -0.2) is 10.8 Å². The van der Waals surface area contributed by atoms with Crippen molar-refractivity contribution in [2.75, 3.05) is 0 Å². The van der Waals surface area contributed by atoms with E-state index in [0.29, 0.717) is 10.7 Å². The summed E-state index contributed by atoms with van der Waals surface area (Å²) in [6.45, 7) is 0. The van der Waals surface area contributed by atoms with Gasteiger partial charge < -0.3 is 10.9 Å². The van der Waals surface area contributed by atoms with E-state index in [1.54, 1.807) is 24.3 Å². The molecule has 0 aliphatic heterocycles. The summed E-state index contributed by atoms with van der Waals surface area (Å²) in [5.74, 6) is 5.38. The van der Waals surface area contributed by atoms with Gasteiger partial charge in [-0.2, -0.15) is 5.10 Å². The molecule has 2 aromatic carbocycles. The average Bonchev–Trinajstić information content (AvgIpc) is 2.42. The van der Waals surface area contributed by atoms with Crippen LogP contribution < -0.4 is 5.84 Å². The van der Waals surface area contributed by atoms with Gasteiger partial charge in [-0.05, 0) is 17.7 Å². The maximum Gasteiger partial charge on any atom is 0.123 e. The van der Waals surface area contributed by atoms with Crippen LogP contribution in [-0.2, 0) is 0 Å². The molecule has 0 aliphatic carbocycles. The number of aliphatic hydroxyl groups is 1. The predicted octanol–water partition coefficient (Wildman–Crippen LogP) is 2.74. The van der Waals surface area contributed by atoms with Crippen molar-refractivity contribution in [1.82, 2.24) is 0 Å². The number of benzene rings is 2. The molecule has 2 aromatic rings. The average molecular weight is 261 g/mol. The number of aliphatic hydroxyl groups excluding tert-OH is 1. The Labute approximate surface area is 111 Å². The van der Waals surface area contributed by atoms with Crippen LogP contribution in [0.25, 0.3) is 0 Å². The summed E-state index contributed by atoms with van der Waals surface area (Å²) >= 11 is 5.82. The Morgan fingerprint density at radius 2 is 1.67 bits per heavy atom. The van der Waals surface area contributed by atoms with Crippen LogP contribution in [0.3, 0.4) is 0 Å². The lowest BCUT2D eigenvalue weighted by Crippen LogP contribution is -2.15. The first-order chi connectivity index (χ1) is 8.72. The SMILES string of the molecule is NN=C(c1ccc(Cl)cc1)C(O)c1ccccc1. The van der Waals surface area contributed by atoms with Crippen LogP contribution in [0.4, 0.5) is 0 Å². The van der Waals surface area contributed by atoms with Crippen LogP contribution in [0.1, 0.15) is 17.2 Å². The van der Waals surface area contributed by atoms with E-state index in [-0.39, 0.29) is 0 Å². The van der Waals surface area contributed by atoms with Crippen LogP contribution in [0.5, 0.6) is 0 Å². The van der Waals surface area contributed by atoms with E-state index in [2.05, 4.69) is 5.10 Å². The second kappa shape index (κ2) is 5.67. The van der Waals surface area contributed by atoms with Crippen LogP contribution in [0.15, 0.2) is 59.7 Å². The van der Waals surface area contributed by atoms with Crippen molar-refractivity contribution in [2.45, 2.75) is 6.10 Å². The third kappa shape index (κ3) is 2.70. The molecule has 0 aromatic heterocycles. The van der Waals surface area contributed by atoms with Gasteiger partial charge in [0, 0.05) is 10.6 Å². The second-order valence-corrected chi connectivity index (χ2v) is 4.27. The zero-order valence-electron chi connectivity index (χ0n) is 9.62. The fraction of sp³-hybridized carbons (Fsp3) is 0.0714. The summed E-state index contributed by atoms with van der Waals surface area (Å²) in [5, 5.41) is 14.6. The van der Waals surface area contributed by atoms with Gasteiger partial charge >= 0.3 is 0 Å². The third-order valence-corrected chi connectivity index (χ3v) is 2.91. The molecule has 2 rings (SSSR count). The van der Waals surface area contributed by atoms with Crippen molar-refractivity contribution in [3.63, 3.8) is 0 Å². The highest BCUT2D eigenvalue weighted by molar-refractivity contribution is 6.30. The highest BCUT2D eigenvalue weighted by atomic mass is 35.5. The molecule has 3 nitrogen and oxygen atoms in total. The molecule has 1 unspecified atom stereocenters. The summed E-state index contributed by atoms with van der Waals surface area (Å²) in [6, 6.07) is 16.3. The number of halogens is 1. The Hall–Kier alpha value is -1.84. The first kappa shape index (κ1) is 12.6. The summed E-state index contributed by atoms with van der Waals surface area (Å²) in [7, 11) is 0.